The molecule has 0 aromatic rings. The van der Waals surface area contributed by atoms with E-state index in [-0.39, 0.29) is 42.8 Å². The Hall–Kier alpha value is -1.89. The first-order valence-electron chi connectivity index (χ1n) is 11.9. The molecule has 2 N–H and O–H groups in total. The highest BCUT2D eigenvalue weighted by atomic mass is 16.5. The van der Waals surface area contributed by atoms with E-state index in [0.717, 1.165) is 19.3 Å². The maximum atomic E-state index is 13.7. The van der Waals surface area contributed by atoms with Crippen LogP contribution >= 0.6 is 0 Å². The summed E-state index contributed by atoms with van der Waals surface area (Å²) in [7, 11) is 0. The quantitative estimate of drug-likeness (QED) is 0.295. The maximum absolute atomic E-state index is 13.7. The van der Waals surface area contributed by atoms with Gasteiger partial charge in [-0.3, -0.25) is 14.4 Å². The fourth-order valence-corrected chi connectivity index (χ4v) is 5.06. The van der Waals surface area contributed by atoms with Gasteiger partial charge in [0, 0.05) is 12.5 Å². The van der Waals surface area contributed by atoms with Crippen molar-refractivity contribution < 1.29 is 24.2 Å². The number of carbonyl (C=O) groups excluding carboxylic acids is 3. The fourth-order valence-electron chi connectivity index (χ4n) is 5.06. The smallest absolute Gasteiger partial charge is 0.310 e. The van der Waals surface area contributed by atoms with Crippen LogP contribution in [0.15, 0.2) is 12.2 Å². The molecule has 0 radical (unpaired) electrons. The summed E-state index contributed by atoms with van der Waals surface area (Å²) in [6.07, 6.45) is 7.57. The minimum absolute atomic E-state index is 0.0310. The SMILES string of the molecule is CCCCCNC(=O)[C@@H]1[C@H]2C=C[C@@H](CC)[C@@H](C(=O)OCC)[C@@H]2C(=O)N1[C@@H](CO)C(C)C. The lowest BCUT2D eigenvalue weighted by Gasteiger charge is -2.35. The van der Waals surface area contributed by atoms with E-state index in [1.54, 1.807) is 11.8 Å². The molecule has 31 heavy (non-hydrogen) atoms. The Labute approximate surface area is 186 Å². The second-order valence-corrected chi connectivity index (χ2v) is 9.02. The van der Waals surface area contributed by atoms with E-state index in [2.05, 4.69) is 12.2 Å². The number of nitrogens with one attached hydrogen (secondary N) is 1. The molecule has 7 heteroatoms. The van der Waals surface area contributed by atoms with Crippen LogP contribution in [0.2, 0.25) is 0 Å². The Morgan fingerprint density at radius 2 is 1.90 bits per heavy atom. The maximum Gasteiger partial charge on any atom is 0.310 e. The lowest BCUT2D eigenvalue weighted by atomic mass is 9.69. The van der Waals surface area contributed by atoms with Crippen LogP contribution in [0.5, 0.6) is 0 Å². The first kappa shape index (κ1) is 25.4. The van der Waals surface area contributed by atoms with E-state index < -0.39 is 29.8 Å². The van der Waals surface area contributed by atoms with Gasteiger partial charge in [-0.25, -0.2) is 0 Å². The molecule has 6 atom stereocenters. The number of carbonyl (C=O) groups is 3. The number of aliphatic hydroxyl groups excluding tert-OH is 1. The number of hydrogen-bond acceptors (Lipinski definition) is 5. The number of unbranched alkanes of at least 4 members (excludes halogenated alkanes) is 2. The summed E-state index contributed by atoms with van der Waals surface area (Å²) in [6.45, 7) is 10.3. The summed E-state index contributed by atoms with van der Waals surface area (Å²) < 4.78 is 5.33. The Kier molecular flexibility index (Phi) is 9.54. The summed E-state index contributed by atoms with van der Waals surface area (Å²) in [5.41, 5.74) is 0. The number of allylic oxidation sites excluding steroid dienone is 1. The van der Waals surface area contributed by atoms with E-state index in [1.165, 1.54) is 0 Å². The Bertz CT molecular complexity index is 662. The van der Waals surface area contributed by atoms with Gasteiger partial charge in [-0.05, 0) is 31.6 Å². The van der Waals surface area contributed by atoms with E-state index in [9.17, 15) is 19.5 Å². The largest absolute Gasteiger partial charge is 0.466 e. The van der Waals surface area contributed by atoms with Crippen LogP contribution in [0.25, 0.3) is 0 Å². The topological polar surface area (TPSA) is 95.9 Å². The van der Waals surface area contributed by atoms with Crippen LogP contribution in [-0.4, -0.2) is 59.6 Å². The van der Waals surface area contributed by atoms with Crippen LogP contribution in [0.1, 0.15) is 60.3 Å². The number of likely N-dealkylation sites (tertiary alicyclic amines) is 1. The minimum Gasteiger partial charge on any atom is -0.466 e. The van der Waals surface area contributed by atoms with Gasteiger partial charge in [-0.15, -0.1) is 0 Å². The molecule has 0 spiro atoms. The first-order chi connectivity index (χ1) is 14.8. The van der Waals surface area contributed by atoms with Crippen molar-refractivity contribution in [1.29, 1.82) is 0 Å². The van der Waals surface area contributed by atoms with E-state index in [0.29, 0.717) is 13.0 Å². The molecule has 0 bridgehead atoms. The molecule has 7 nitrogen and oxygen atoms in total. The summed E-state index contributed by atoms with van der Waals surface area (Å²) in [4.78, 5) is 41.4. The molecule has 0 unspecified atom stereocenters. The fraction of sp³-hybridized carbons (Fsp3) is 0.792. The van der Waals surface area contributed by atoms with Gasteiger partial charge < -0.3 is 20.1 Å². The van der Waals surface area contributed by atoms with E-state index >= 15 is 0 Å². The number of aliphatic hydroxyl groups is 1. The molecule has 1 fully saturated rings. The predicted molar refractivity (Wildman–Crippen MR) is 119 cm³/mol. The van der Waals surface area contributed by atoms with Gasteiger partial charge in [0.1, 0.15) is 6.04 Å². The third-order valence-corrected chi connectivity index (χ3v) is 6.74. The molecule has 1 saturated heterocycles. The average molecular weight is 437 g/mol. The van der Waals surface area contributed by atoms with E-state index in [1.807, 2.05) is 32.9 Å². The summed E-state index contributed by atoms with van der Waals surface area (Å²) in [6, 6.07) is -1.22. The highest BCUT2D eigenvalue weighted by molar-refractivity contribution is 5.96. The second-order valence-electron chi connectivity index (χ2n) is 9.02. The minimum atomic E-state index is -0.732. The third kappa shape index (κ3) is 5.30. The summed E-state index contributed by atoms with van der Waals surface area (Å²) in [5.74, 6) is -2.63. The monoisotopic (exact) mass is 436 g/mol. The molecule has 0 aromatic carbocycles. The summed E-state index contributed by atoms with van der Waals surface area (Å²) >= 11 is 0. The number of rotatable bonds is 11. The van der Waals surface area contributed by atoms with Crippen molar-refractivity contribution in [2.45, 2.75) is 72.4 Å². The second kappa shape index (κ2) is 11.7. The van der Waals surface area contributed by atoms with Gasteiger partial charge in [0.2, 0.25) is 11.8 Å². The lowest BCUT2D eigenvalue weighted by molar-refractivity contribution is -0.156. The molecule has 2 aliphatic rings. The molecule has 176 valence electrons. The van der Waals surface area contributed by atoms with Gasteiger partial charge in [0.25, 0.3) is 0 Å². The number of hydrogen-bond donors (Lipinski definition) is 2. The Morgan fingerprint density at radius 3 is 2.45 bits per heavy atom. The van der Waals surface area contributed by atoms with Crippen LogP contribution < -0.4 is 5.32 Å². The standard InChI is InChI=1S/C24H40N2O5/c1-6-9-10-13-25-22(28)21-17-12-11-16(7-2)19(24(30)31-8-3)20(17)23(29)26(21)18(14-27)15(4)5/h11-12,15-21,27H,6-10,13-14H2,1-5H3,(H,25,28)/t16-,17+,18+,19-,20-,21+/m1/s1. The molecule has 2 rings (SSSR count). The molecular formula is C24H40N2O5. The lowest BCUT2D eigenvalue weighted by Crippen LogP contribution is -2.54. The van der Waals surface area contributed by atoms with Crippen molar-refractivity contribution in [3.8, 4) is 0 Å². The molecule has 1 aliphatic carbocycles. The molecule has 2 amide bonds. The van der Waals surface area contributed by atoms with Crippen molar-refractivity contribution in [3.63, 3.8) is 0 Å². The van der Waals surface area contributed by atoms with Crippen LogP contribution in [0.3, 0.4) is 0 Å². The number of fused-ring (bicyclic) bond motifs is 1. The highest BCUT2D eigenvalue weighted by Crippen LogP contribution is 2.46. The van der Waals surface area contributed by atoms with Crippen molar-refractivity contribution in [2.24, 2.45) is 29.6 Å². The zero-order valence-electron chi connectivity index (χ0n) is 19.7. The van der Waals surface area contributed by atoms with Crippen LogP contribution in [-0.2, 0) is 19.1 Å². The van der Waals surface area contributed by atoms with Crippen LogP contribution in [0, 0.1) is 29.6 Å². The van der Waals surface area contributed by atoms with E-state index in [4.69, 9.17) is 4.74 Å². The molecule has 0 saturated carbocycles. The molecule has 1 heterocycles. The zero-order valence-corrected chi connectivity index (χ0v) is 19.7. The number of ether oxygens (including phenoxy) is 1. The average Bonchev–Trinajstić information content (AvgIpc) is 3.03. The molecule has 0 aromatic heterocycles. The molecule has 1 aliphatic heterocycles. The normalized spacial score (nSPS) is 28.5. The Balaban J connectivity index is 2.44. The highest BCUT2D eigenvalue weighted by Gasteiger charge is 2.59. The zero-order chi connectivity index (χ0) is 23.1. The van der Waals surface area contributed by atoms with Gasteiger partial charge in [-0.1, -0.05) is 52.7 Å². The van der Waals surface area contributed by atoms with Gasteiger partial charge in [0.15, 0.2) is 0 Å². The van der Waals surface area contributed by atoms with Crippen molar-refractivity contribution in [2.75, 3.05) is 19.8 Å². The van der Waals surface area contributed by atoms with Crippen molar-refractivity contribution >= 4 is 17.8 Å². The third-order valence-electron chi connectivity index (χ3n) is 6.74. The number of amides is 2. The Morgan fingerprint density at radius 1 is 1.19 bits per heavy atom. The van der Waals surface area contributed by atoms with Crippen molar-refractivity contribution in [1.82, 2.24) is 10.2 Å². The first-order valence-corrected chi connectivity index (χ1v) is 11.9. The van der Waals surface area contributed by atoms with Gasteiger partial charge in [0.05, 0.1) is 31.1 Å². The number of esters is 1. The number of nitrogens with zero attached hydrogens (tertiary/aromatic N) is 1. The van der Waals surface area contributed by atoms with Crippen molar-refractivity contribution in [3.05, 3.63) is 12.2 Å². The van der Waals surface area contributed by atoms with Crippen LogP contribution in [0.4, 0.5) is 0 Å². The van der Waals surface area contributed by atoms with Gasteiger partial charge in [-0.2, -0.15) is 0 Å². The predicted octanol–water partition coefficient (Wildman–Crippen LogP) is 2.53. The molecular weight excluding hydrogens is 396 g/mol. The van der Waals surface area contributed by atoms with Gasteiger partial charge >= 0.3 is 5.97 Å². The summed E-state index contributed by atoms with van der Waals surface area (Å²) in [5, 5.41) is 13.1.